The van der Waals surface area contributed by atoms with Crippen LogP contribution in [-0.2, 0) is 6.42 Å². The Morgan fingerprint density at radius 2 is 2.22 bits per heavy atom. The predicted molar refractivity (Wildman–Crippen MR) is 79.2 cm³/mol. The van der Waals surface area contributed by atoms with Crippen molar-refractivity contribution in [2.45, 2.75) is 57.4 Å². The minimum atomic E-state index is 0.629. The second kappa shape index (κ2) is 6.03. The van der Waals surface area contributed by atoms with Gasteiger partial charge in [-0.05, 0) is 74.9 Å². The van der Waals surface area contributed by atoms with Crippen molar-refractivity contribution in [3.63, 3.8) is 0 Å². The third-order valence-electron chi connectivity index (χ3n) is 4.27. The standard InChI is InChI=1S/C16H23NS/c1-2-5-13(6-3-1)9-11-17-15-7-4-8-16-14(15)10-12-18-16/h5,10,12,15,17H,1-4,6-9,11H2. The quantitative estimate of drug-likeness (QED) is 0.781. The summed E-state index contributed by atoms with van der Waals surface area (Å²) in [6, 6.07) is 2.96. The fourth-order valence-electron chi connectivity index (χ4n) is 3.24. The number of rotatable bonds is 4. The first kappa shape index (κ1) is 12.4. The Kier molecular flexibility index (Phi) is 4.16. The Morgan fingerprint density at radius 1 is 1.22 bits per heavy atom. The van der Waals surface area contributed by atoms with Gasteiger partial charge in [-0.1, -0.05) is 11.6 Å². The van der Waals surface area contributed by atoms with Crippen LogP contribution >= 0.6 is 11.3 Å². The van der Waals surface area contributed by atoms with Crippen LogP contribution in [0.25, 0.3) is 0 Å². The SMILES string of the molecule is C1=C(CCNC2CCCc3sccc32)CCCC1. The predicted octanol–water partition coefficient (Wildman–Crippen LogP) is 4.61. The number of nitrogens with one attached hydrogen (secondary N) is 1. The minimum Gasteiger partial charge on any atom is -0.310 e. The Labute approximate surface area is 114 Å². The van der Waals surface area contributed by atoms with Gasteiger partial charge < -0.3 is 5.32 Å². The van der Waals surface area contributed by atoms with E-state index in [-0.39, 0.29) is 0 Å². The van der Waals surface area contributed by atoms with Gasteiger partial charge in [0.2, 0.25) is 0 Å². The zero-order chi connectivity index (χ0) is 12.2. The second-order valence-electron chi connectivity index (χ2n) is 5.56. The van der Waals surface area contributed by atoms with Crippen LogP contribution in [0.15, 0.2) is 23.1 Å². The molecule has 0 aromatic carbocycles. The Morgan fingerprint density at radius 3 is 3.11 bits per heavy atom. The van der Waals surface area contributed by atoms with Gasteiger partial charge in [0, 0.05) is 10.9 Å². The van der Waals surface area contributed by atoms with Crippen molar-refractivity contribution >= 4 is 11.3 Å². The number of hydrogen-bond donors (Lipinski definition) is 1. The van der Waals surface area contributed by atoms with Gasteiger partial charge in [0.1, 0.15) is 0 Å². The van der Waals surface area contributed by atoms with E-state index in [1.54, 1.807) is 16.0 Å². The molecular weight excluding hydrogens is 238 g/mol. The van der Waals surface area contributed by atoms with E-state index < -0.39 is 0 Å². The summed E-state index contributed by atoms with van der Waals surface area (Å²) in [5.41, 5.74) is 3.28. The summed E-state index contributed by atoms with van der Waals surface area (Å²) in [5.74, 6) is 0. The van der Waals surface area contributed by atoms with Crippen molar-refractivity contribution in [1.29, 1.82) is 0 Å². The van der Waals surface area contributed by atoms with E-state index in [1.165, 1.54) is 51.4 Å². The minimum absolute atomic E-state index is 0.629. The van der Waals surface area contributed by atoms with Gasteiger partial charge in [-0.25, -0.2) is 0 Å². The van der Waals surface area contributed by atoms with Gasteiger partial charge in [0.25, 0.3) is 0 Å². The van der Waals surface area contributed by atoms with Crippen LogP contribution in [-0.4, -0.2) is 6.54 Å². The Bertz CT molecular complexity index is 418. The highest BCUT2D eigenvalue weighted by Crippen LogP contribution is 2.33. The maximum absolute atomic E-state index is 3.78. The highest BCUT2D eigenvalue weighted by molar-refractivity contribution is 7.10. The van der Waals surface area contributed by atoms with Gasteiger partial charge in [-0.2, -0.15) is 0 Å². The molecule has 0 amide bonds. The van der Waals surface area contributed by atoms with Crippen molar-refractivity contribution in [1.82, 2.24) is 5.32 Å². The molecule has 3 rings (SSSR count). The van der Waals surface area contributed by atoms with Crippen molar-refractivity contribution in [2.24, 2.45) is 0 Å². The molecule has 98 valence electrons. The molecule has 18 heavy (non-hydrogen) atoms. The van der Waals surface area contributed by atoms with Crippen LogP contribution in [0.2, 0.25) is 0 Å². The van der Waals surface area contributed by atoms with Crippen LogP contribution < -0.4 is 5.32 Å². The smallest absolute Gasteiger partial charge is 0.0331 e. The lowest BCUT2D eigenvalue weighted by Crippen LogP contribution is -2.25. The molecule has 0 radical (unpaired) electrons. The molecule has 1 aromatic heterocycles. The second-order valence-corrected chi connectivity index (χ2v) is 6.56. The molecule has 2 aliphatic rings. The van der Waals surface area contributed by atoms with E-state index in [0.29, 0.717) is 6.04 Å². The monoisotopic (exact) mass is 261 g/mol. The fraction of sp³-hybridized carbons (Fsp3) is 0.625. The molecule has 0 saturated carbocycles. The van der Waals surface area contributed by atoms with Crippen LogP contribution in [0.5, 0.6) is 0 Å². The topological polar surface area (TPSA) is 12.0 Å². The molecule has 0 bridgehead atoms. The zero-order valence-corrected chi connectivity index (χ0v) is 11.9. The Balaban J connectivity index is 1.51. The third-order valence-corrected chi connectivity index (χ3v) is 5.27. The van der Waals surface area contributed by atoms with Crippen molar-refractivity contribution in [2.75, 3.05) is 6.54 Å². The zero-order valence-electron chi connectivity index (χ0n) is 11.1. The third kappa shape index (κ3) is 2.86. The van der Waals surface area contributed by atoms with Crippen molar-refractivity contribution in [3.8, 4) is 0 Å². The first-order valence-corrected chi connectivity index (χ1v) is 8.29. The van der Waals surface area contributed by atoms with Gasteiger partial charge in [0.15, 0.2) is 0 Å². The van der Waals surface area contributed by atoms with Crippen LogP contribution in [0.3, 0.4) is 0 Å². The number of aryl methyl sites for hydroxylation is 1. The normalized spacial score (nSPS) is 23.6. The number of allylic oxidation sites excluding steroid dienone is 1. The van der Waals surface area contributed by atoms with Crippen LogP contribution in [0.4, 0.5) is 0 Å². The highest BCUT2D eigenvalue weighted by atomic mass is 32.1. The van der Waals surface area contributed by atoms with E-state index >= 15 is 0 Å². The summed E-state index contributed by atoms with van der Waals surface area (Å²) >= 11 is 1.94. The van der Waals surface area contributed by atoms with Crippen molar-refractivity contribution < 1.29 is 0 Å². The molecule has 0 spiro atoms. The molecule has 1 unspecified atom stereocenters. The molecule has 1 atom stereocenters. The summed E-state index contributed by atoms with van der Waals surface area (Å²) in [5, 5.41) is 6.04. The molecule has 2 heteroatoms. The van der Waals surface area contributed by atoms with Crippen LogP contribution in [0, 0.1) is 0 Å². The van der Waals surface area contributed by atoms with E-state index in [9.17, 15) is 0 Å². The summed E-state index contributed by atoms with van der Waals surface area (Å²) < 4.78 is 0. The van der Waals surface area contributed by atoms with Gasteiger partial charge in [0.05, 0.1) is 0 Å². The summed E-state index contributed by atoms with van der Waals surface area (Å²) in [4.78, 5) is 1.62. The largest absolute Gasteiger partial charge is 0.310 e. The van der Waals surface area contributed by atoms with Gasteiger partial charge in [-0.3, -0.25) is 0 Å². The average molecular weight is 261 g/mol. The number of hydrogen-bond acceptors (Lipinski definition) is 2. The first-order chi connectivity index (χ1) is 8.93. The lowest BCUT2D eigenvalue weighted by molar-refractivity contribution is 0.463. The Hall–Kier alpha value is -0.600. The van der Waals surface area contributed by atoms with Gasteiger partial charge >= 0.3 is 0 Å². The lowest BCUT2D eigenvalue weighted by Gasteiger charge is -2.24. The summed E-state index contributed by atoms with van der Waals surface area (Å²) in [6.07, 6.45) is 13.2. The maximum Gasteiger partial charge on any atom is 0.0331 e. The molecule has 1 N–H and O–H groups in total. The molecule has 0 aliphatic heterocycles. The van der Waals surface area contributed by atoms with E-state index in [0.717, 1.165) is 6.54 Å². The van der Waals surface area contributed by atoms with E-state index in [2.05, 4.69) is 22.8 Å². The average Bonchev–Trinajstić information content (AvgIpc) is 2.89. The molecule has 1 nitrogen and oxygen atoms in total. The molecule has 1 heterocycles. The molecule has 1 aromatic rings. The maximum atomic E-state index is 3.78. The molecular formula is C16H23NS. The number of fused-ring (bicyclic) bond motifs is 1. The summed E-state index contributed by atoms with van der Waals surface area (Å²) in [7, 11) is 0. The van der Waals surface area contributed by atoms with E-state index in [4.69, 9.17) is 0 Å². The molecule has 0 fully saturated rings. The van der Waals surface area contributed by atoms with Crippen LogP contribution in [0.1, 0.15) is 61.4 Å². The molecule has 0 saturated heterocycles. The number of thiophene rings is 1. The lowest BCUT2D eigenvalue weighted by atomic mass is 9.93. The fourth-order valence-corrected chi connectivity index (χ4v) is 4.22. The molecule has 2 aliphatic carbocycles. The highest BCUT2D eigenvalue weighted by Gasteiger charge is 2.20. The first-order valence-electron chi connectivity index (χ1n) is 7.41. The van der Waals surface area contributed by atoms with Gasteiger partial charge in [-0.15, -0.1) is 11.3 Å². The summed E-state index contributed by atoms with van der Waals surface area (Å²) in [6.45, 7) is 1.16. The van der Waals surface area contributed by atoms with E-state index in [1.807, 2.05) is 11.3 Å². The van der Waals surface area contributed by atoms with Crippen molar-refractivity contribution in [3.05, 3.63) is 33.5 Å².